The molecule has 8 N–H and O–H groups in total. The maximum absolute atomic E-state index is 13.0. The highest BCUT2D eigenvalue weighted by Crippen LogP contribution is 2.19. The predicted molar refractivity (Wildman–Crippen MR) is 138 cm³/mol. The molecule has 0 spiro atoms. The summed E-state index contributed by atoms with van der Waals surface area (Å²) in [7, 11) is 0. The molecule has 0 fully saturated rings. The average molecular weight is 545 g/mol. The third-order valence-electron chi connectivity index (χ3n) is 5.74. The molecule has 0 aliphatic heterocycles. The topological polar surface area (TPSA) is 230 Å². The molecule has 210 valence electrons. The molecular formula is C25H32N6O8. The van der Waals surface area contributed by atoms with Crippen molar-refractivity contribution in [2.75, 3.05) is 0 Å². The minimum Gasteiger partial charge on any atom is -0.481 e. The van der Waals surface area contributed by atoms with Gasteiger partial charge < -0.3 is 41.9 Å². The van der Waals surface area contributed by atoms with Crippen molar-refractivity contribution in [2.24, 2.45) is 5.73 Å². The van der Waals surface area contributed by atoms with Gasteiger partial charge >= 0.3 is 5.97 Å². The molecule has 2 aromatic rings. The summed E-state index contributed by atoms with van der Waals surface area (Å²) in [4.78, 5) is 87.1. The summed E-state index contributed by atoms with van der Waals surface area (Å²) in [6.07, 6.45) is 0.913. The van der Waals surface area contributed by atoms with Crippen LogP contribution in [-0.2, 0) is 40.0 Å². The van der Waals surface area contributed by atoms with Crippen LogP contribution in [0.4, 0.5) is 0 Å². The van der Waals surface area contributed by atoms with Gasteiger partial charge in [-0.2, -0.15) is 0 Å². The quantitative estimate of drug-likeness (QED) is 0.132. The van der Waals surface area contributed by atoms with E-state index >= 15 is 0 Å². The monoisotopic (exact) mass is 544 g/mol. The van der Waals surface area contributed by atoms with Gasteiger partial charge in [0.15, 0.2) is 0 Å². The van der Waals surface area contributed by atoms with E-state index in [-0.39, 0.29) is 19.3 Å². The number of amides is 5. The number of nitrogens with one attached hydrogen (secondary N) is 5. The van der Waals surface area contributed by atoms with Crippen LogP contribution in [0.15, 0.2) is 30.5 Å². The maximum atomic E-state index is 13.0. The molecule has 4 atom stereocenters. The molecule has 5 amide bonds. The number of rotatable bonds is 15. The largest absolute Gasteiger partial charge is 0.481 e. The zero-order chi connectivity index (χ0) is 29.1. The van der Waals surface area contributed by atoms with Gasteiger partial charge in [-0.25, -0.2) is 0 Å². The van der Waals surface area contributed by atoms with Gasteiger partial charge in [0, 0.05) is 36.9 Å². The molecule has 0 saturated heterocycles. The van der Waals surface area contributed by atoms with Crippen LogP contribution >= 0.6 is 0 Å². The Balaban J connectivity index is 2.15. The first-order chi connectivity index (χ1) is 18.4. The fraction of sp³-hybridized carbons (Fsp3) is 0.400. The highest BCUT2D eigenvalue weighted by atomic mass is 16.4. The summed E-state index contributed by atoms with van der Waals surface area (Å²) in [6.45, 7) is 2.56. The number of fused-ring (bicyclic) bond motifs is 1. The molecule has 39 heavy (non-hydrogen) atoms. The first-order valence-electron chi connectivity index (χ1n) is 12.1. The van der Waals surface area contributed by atoms with Crippen molar-refractivity contribution in [2.45, 2.75) is 63.7 Å². The zero-order valence-corrected chi connectivity index (χ0v) is 21.5. The number of H-pyrrole nitrogens is 1. The van der Waals surface area contributed by atoms with Gasteiger partial charge in [-0.3, -0.25) is 28.8 Å². The SMILES string of the molecule is CC(=O)N[C@@H](C)C(=O)N[C@@H](CCC(N)=O)C(=O)N[C@@H](CC(=O)O)C(=O)N[C@H](C=O)Cc1c[nH]c2ccccc12. The number of para-hydroxylation sites is 1. The lowest BCUT2D eigenvalue weighted by Crippen LogP contribution is -2.57. The van der Waals surface area contributed by atoms with E-state index in [0.717, 1.165) is 16.5 Å². The van der Waals surface area contributed by atoms with Gasteiger partial charge in [0.25, 0.3) is 0 Å². The number of aromatic nitrogens is 1. The number of carboxylic acids is 1. The number of aliphatic carboxylic acids is 1. The van der Waals surface area contributed by atoms with E-state index in [9.17, 15) is 38.7 Å². The second-order valence-electron chi connectivity index (χ2n) is 8.96. The lowest BCUT2D eigenvalue weighted by molar-refractivity contribution is -0.141. The van der Waals surface area contributed by atoms with Crippen LogP contribution < -0.4 is 27.0 Å². The first kappa shape index (κ1) is 30.5. The Labute approximate surface area is 223 Å². The molecule has 0 aliphatic carbocycles. The van der Waals surface area contributed by atoms with Crippen LogP contribution in [-0.4, -0.2) is 76.0 Å². The number of aldehydes is 1. The third-order valence-corrected chi connectivity index (χ3v) is 5.74. The standard InChI is InChI=1S/C25H32N6O8/c1-13(28-14(2)33)23(37)30-19(7-8-21(26)34)24(38)31-20(10-22(35)36)25(39)29-16(12-32)9-15-11-27-18-6-4-3-5-17(15)18/h3-6,11-13,16,19-20,27H,7-10H2,1-2H3,(H2,26,34)(H,28,33)(H,29,39)(H,30,37)(H,31,38)(H,35,36)/t13-,16-,19-,20-/m0/s1. The van der Waals surface area contributed by atoms with Crippen LogP contribution in [0.5, 0.6) is 0 Å². The number of nitrogens with two attached hydrogens (primary N) is 1. The zero-order valence-electron chi connectivity index (χ0n) is 21.5. The fourth-order valence-corrected chi connectivity index (χ4v) is 3.83. The van der Waals surface area contributed by atoms with E-state index in [1.54, 1.807) is 6.20 Å². The van der Waals surface area contributed by atoms with E-state index in [1.807, 2.05) is 24.3 Å². The van der Waals surface area contributed by atoms with Crippen LogP contribution in [0.2, 0.25) is 0 Å². The molecule has 0 radical (unpaired) electrons. The summed E-state index contributed by atoms with van der Waals surface area (Å²) in [5, 5.41) is 19.6. The number of hydrogen-bond acceptors (Lipinski definition) is 7. The van der Waals surface area contributed by atoms with Crippen LogP contribution in [0.1, 0.15) is 38.7 Å². The van der Waals surface area contributed by atoms with Crippen LogP contribution in [0, 0.1) is 0 Å². The Morgan fingerprint density at radius 3 is 2.23 bits per heavy atom. The number of primary amides is 1. The van der Waals surface area contributed by atoms with Crippen molar-refractivity contribution in [1.82, 2.24) is 26.3 Å². The van der Waals surface area contributed by atoms with Gasteiger partial charge in [0.1, 0.15) is 24.4 Å². The molecular weight excluding hydrogens is 512 g/mol. The number of carbonyl (C=O) groups is 7. The summed E-state index contributed by atoms with van der Waals surface area (Å²) in [5.41, 5.74) is 6.73. The smallest absolute Gasteiger partial charge is 0.305 e. The normalized spacial score (nSPS) is 13.8. The second kappa shape index (κ2) is 14.3. The van der Waals surface area contributed by atoms with Crippen molar-refractivity contribution in [3.63, 3.8) is 0 Å². The molecule has 0 bridgehead atoms. The Bertz CT molecular complexity index is 1240. The maximum Gasteiger partial charge on any atom is 0.305 e. The number of hydrogen-bond donors (Lipinski definition) is 7. The molecule has 2 rings (SSSR count). The summed E-state index contributed by atoms with van der Waals surface area (Å²) >= 11 is 0. The minimum atomic E-state index is -1.61. The molecule has 0 saturated carbocycles. The van der Waals surface area contributed by atoms with Crippen LogP contribution in [0.25, 0.3) is 10.9 Å². The van der Waals surface area contributed by atoms with Crippen LogP contribution in [0.3, 0.4) is 0 Å². The number of carboxylic acid groups (broad SMARTS) is 1. The van der Waals surface area contributed by atoms with Crippen molar-refractivity contribution in [3.8, 4) is 0 Å². The lowest BCUT2D eigenvalue weighted by Gasteiger charge is -2.24. The number of carbonyl (C=O) groups excluding carboxylic acids is 6. The van der Waals surface area contributed by atoms with E-state index < -0.39 is 66.1 Å². The summed E-state index contributed by atoms with van der Waals surface area (Å²) < 4.78 is 0. The van der Waals surface area contributed by atoms with E-state index in [2.05, 4.69) is 26.3 Å². The molecule has 0 unspecified atom stereocenters. The van der Waals surface area contributed by atoms with E-state index in [0.29, 0.717) is 6.29 Å². The number of aromatic amines is 1. The summed E-state index contributed by atoms with van der Waals surface area (Å²) in [6, 6.07) is 2.29. The molecule has 0 aliphatic rings. The van der Waals surface area contributed by atoms with Crippen molar-refractivity contribution in [1.29, 1.82) is 0 Å². The Morgan fingerprint density at radius 2 is 1.62 bits per heavy atom. The van der Waals surface area contributed by atoms with Gasteiger partial charge in [-0.15, -0.1) is 0 Å². The predicted octanol–water partition coefficient (Wildman–Crippen LogP) is -1.37. The Hall–Kier alpha value is -4.75. The highest BCUT2D eigenvalue weighted by molar-refractivity contribution is 5.96. The Kier molecular flexibility index (Phi) is 11.1. The minimum absolute atomic E-state index is 0.103. The van der Waals surface area contributed by atoms with E-state index in [1.165, 1.54) is 13.8 Å². The summed E-state index contributed by atoms with van der Waals surface area (Å²) in [5.74, 6) is -5.32. The molecule has 14 heteroatoms. The molecule has 1 aromatic carbocycles. The lowest BCUT2D eigenvalue weighted by atomic mass is 10.0. The van der Waals surface area contributed by atoms with Gasteiger partial charge in [-0.05, 0) is 25.0 Å². The van der Waals surface area contributed by atoms with Crippen molar-refractivity contribution >= 4 is 52.7 Å². The first-order valence-corrected chi connectivity index (χ1v) is 12.1. The molecule has 1 heterocycles. The van der Waals surface area contributed by atoms with Gasteiger partial charge in [0.2, 0.25) is 29.5 Å². The highest BCUT2D eigenvalue weighted by Gasteiger charge is 2.30. The van der Waals surface area contributed by atoms with E-state index in [4.69, 9.17) is 5.73 Å². The third kappa shape index (κ3) is 9.57. The van der Waals surface area contributed by atoms with Crippen molar-refractivity contribution in [3.05, 3.63) is 36.0 Å². The number of benzene rings is 1. The molecule has 14 nitrogen and oxygen atoms in total. The van der Waals surface area contributed by atoms with Gasteiger partial charge in [0.05, 0.1) is 12.5 Å². The Morgan fingerprint density at radius 1 is 0.974 bits per heavy atom. The fourth-order valence-electron chi connectivity index (χ4n) is 3.83. The molecule has 1 aromatic heterocycles. The van der Waals surface area contributed by atoms with Gasteiger partial charge in [-0.1, -0.05) is 18.2 Å². The average Bonchev–Trinajstić information content (AvgIpc) is 3.27. The second-order valence-corrected chi connectivity index (χ2v) is 8.96. The van der Waals surface area contributed by atoms with Crippen molar-refractivity contribution < 1.29 is 38.7 Å².